The first-order chi connectivity index (χ1) is 21.6. The standard InChI is InChI=1S/C32H41F3N6O5/c1-18-5-6-21(38-30(44)40-9-7-19(17-40)15-32(33,34)35)13-22(18)20-11-23(25-16-37-8-10-45-25)39-26(12-20)41-27(42)14-24(46-29(36)43)28(41)31(2,3)4/h5-6,11-13,19,24-25,28,37H,7-10,14-17H2,1-4H3,(H2,36,43)(H,38,44)/t19-,24?,25?,28-/m0/s1. The maximum absolute atomic E-state index is 13.5. The van der Waals surface area contributed by atoms with E-state index >= 15 is 0 Å². The Morgan fingerprint density at radius 1 is 1.20 bits per heavy atom. The number of aryl methyl sites for hydroxylation is 1. The van der Waals surface area contributed by atoms with Crippen LogP contribution in [0, 0.1) is 18.3 Å². The fourth-order valence-electron chi connectivity index (χ4n) is 6.63. The highest BCUT2D eigenvalue weighted by Crippen LogP contribution is 2.40. The molecule has 4 heterocycles. The topological polar surface area (TPSA) is 139 Å². The highest BCUT2D eigenvalue weighted by molar-refractivity contribution is 5.97. The number of primary amides is 1. The number of likely N-dealkylation sites (tertiary alicyclic amines) is 1. The van der Waals surface area contributed by atoms with Crippen LogP contribution in [-0.4, -0.2) is 79.0 Å². The molecule has 3 fully saturated rings. The van der Waals surface area contributed by atoms with Crippen molar-refractivity contribution in [3.05, 3.63) is 41.6 Å². The molecule has 4 N–H and O–H groups in total. The molecule has 2 aromatic rings. The van der Waals surface area contributed by atoms with Gasteiger partial charge < -0.3 is 30.7 Å². The van der Waals surface area contributed by atoms with Crippen LogP contribution >= 0.6 is 0 Å². The number of anilines is 2. The molecule has 4 atom stereocenters. The number of carbonyl (C=O) groups excluding carboxylic acids is 3. The lowest BCUT2D eigenvalue weighted by Gasteiger charge is -2.37. The summed E-state index contributed by atoms with van der Waals surface area (Å²) in [4.78, 5) is 46.2. The lowest BCUT2D eigenvalue weighted by atomic mass is 9.83. The van der Waals surface area contributed by atoms with E-state index in [1.165, 1.54) is 4.90 Å². The van der Waals surface area contributed by atoms with E-state index in [0.717, 1.165) is 11.1 Å². The highest BCUT2D eigenvalue weighted by Gasteiger charge is 2.49. The number of pyridine rings is 1. The summed E-state index contributed by atoms with van der Waals surface area (Å²) in [5.41, 5.74) is 8.27. The van der Waals surface area contributed by atoms with E-state index in [0.29, 0.717) is 48.9 Å². The van der Waals surface area contributed by atoms with E-state index < -0.39 is 48.2 Å². The molecule has 0 bridgehead atoms. The van der Waals surface area contributed by atoms with Crippen molar-refractivity contribution in [1.29, 1.82) is 0 Å². The third-order valence-corrected chi connectivity index (χ3v) is 8.66. The Morgan fingerprint density at radius 3 is 2.61 bits per heavy atom. The van der Waals surface area contributed by atoms with Gasteiger partial charge in [0.15, 0.2) is 0 Å². The Balaban J connectivity index is 1.49. The summed E-state index contributed by atoms with van der Waals surface area (Å²) in [5.74, 6) is -0.525. The van der Waals surface area contributed by atoms with Gasteiger partial charge in [0.2, 0.25) is 5.91 Å². The number of halogens is 3. The molecule has 3 aliphatic rings. The van der Waals surface area contributed by atoms with Gasteiger partial charge in [-0.15, -0.1) is 0 Å². The number of amides is 4. The van der Waals surface area contributed by atoms with Crippen LogP contribution in [0.4, 0.5) is 34.3 Å². The Labute approximate surface area is 266 Å². The number of alkyl halides is 3. The fourth-order valence-corrected chi connectivity index (χ4v) is 6.63. The first-order valence-corrected chi connectivity index (χ1v) is 15.4. The van der Waals surface area contributed by atoms with E-state index in [2.05, 4.69) is 10.6 Å². The summed E-state index contributed by atoms with van der Waals surface area (Å²) in [6.45, 7) is 9.73. The summed E-state index contributed by atoms with van der Waals surface area (Å²) in [5, 5.41) is 6.15. The van der Waals surface area contributed by atoms with Crippen LogP contribution < -0.4 is 21.3 Å². The van der Waals surface area contributed by atoms with Gasteiger partial charge in [0, 0.05) is 38.3 Å². The number of nitrogens with zero attached hydrogens (tertiary/aromatic N) is 3. The zero-order chi connectivity index (χ0) is 33.4. The van der Waals surface area contributed by atoms with Crippen molar-refractivity contribution in [1.82, 2.24) is 15.2 Å². The minimum atomic E-state index is -4.27. The molecule has 1 aromatic heterocycles. The van der Waals surface area contributed by atoms with Gasteiger partial charge in [0.1, 0.15) is 18.0 Å². The number of hydrogen-bond acceptors (Lipinski definition) is 7. The molecule has 0 radical (unpaired) electrons. The number of rotatable bonds is 6. The summed E-state index contributed by atoms with van der Waals surface area (Å²) in [6, 6.07) is 8.04. The summed E-state index contributed by atoms with van der Waals surface area (Å²) < 4.78 is 50.1. The SMILES string of the molecule is Cc1ccc(NC(=O)N2CC[C@@H](CC(F)(F)F)C2)cc1-c1cc(C2CNCCO2)nc(N2C(=O)CC(OC(N)=O)[C@H]2C(C)(C)C)c1. The molecule has 46 heavy (non-hydrogen) atoms. The number of urea groups is 1. The number of nitrogens with two attached hydrogens (primary N) is 1. The van der Waals surface area contributed by atoms with Crippen molar-refractivity contribution in [2.75, 3.05) is 43.0 Å². The molecule has 250 valence electrons. The monoisotopic (exact) mass is 646 g/mol. The first-order valence-electron chi connectivity index (χ1n) is 15.4. The molecule has 14 heteroatoms. The van der Waals surface area contributed by atoms with Crippen molar-refractivity contribution in [3.8, 4) is 11.1 Å². The quantitative estimate of drug-likeness (QED) is 0.395. The van der Waals surface area contributed by atoms with E-state index in [4.69, 9.17) is 20.2 Å². The second-order valence-electron chi connectivity index (χ2n) is 13.3. The van der Waals surface area contributed by atoms with E-state index in [9.17, 15) is 27.6 Å². The number of morpholine rings is 1. The van der Waals surface area contributed by atoms with Gasteiger partial charge in [-0.3, -0.25) is 9.69 Å². The summed E-state index contributed by atoms with van der Waals surface area (Å²) in [6.07, 6.45) is -7.06. The van der Waals surface area contributed by atoms with Gasteiger partial charge in [-0.05, 0) is 65.6 Å². The highest BCUT2D eigenvalue weighted by atomic mass is 19.4. The largest absolute Gasteiger partial charge is 0.444 e. The van der Waals surface area contributed by atoms with Crippen LogP contribution in [0.15, 0.2) is 30.3 Å². The van der Waals surface area contributed by atoms with Crippen LogP contribution in [0.1, 0.15) is 57.4 Å². The lowest BCUT2D eigenvalue weighted by Crippen LogP contribution is -2.48. The molecule has 11 nitrogen and oxygen atoms in total. The zero-order valence-corrected chi connectivity index (χ0v) is 26.4. The van der Waals surface area contributed by atoms with Crippen molar-refractivity contribution in [2.45, 2.75) is 71.4 Å². The van der Waals surface area contributed by atoms with Crippen molar-refractivity contribution >= 4 is 29.5 Å². The molecule has 0 saturated carbocycles. The smallest absolute Gasteiger partial charge is 0.404 e. The number of nitrogens with one attached hydrogen (secondary N) is 2. The predicted molar refractivity (Wildman–Crippen MR) is 165 cm³/mol. The molecule has 2 unspecified atom stereocenters. The second-order valence-corrected chi connectivity index (χ2v) is 13.3. The number of benzene rings is 1. The Kier molecular flexibility index (Phi) is 9.50. The average Bonchev–Trinajstić information content (AvgIpc) is 3.56. The molecule has 0 spiro atoms. The minimum absolute atomic E-state index is 0.0375. The second kappa shape index (κ2) is 13.1. The maximum Gasteiger partial charge on any atom is 0.404 e. The van der Waals surface area contributed by atoms with Gasteiger partial charge in [0.25, 0.3) is 0 Å². The molecule has 3 aliphatic heterocycles. The van der Waals surface area contributed by atoms with Crippen molar-refractivity contribution < 1.29 is 37.0 Å². The van der Waals surface area contributed by atoms with Crippen molar-refractivity contribution in [3.63, 3.8) is 0 Å². The lowest BCUT2D eigenvalue weighted by molar-refractivity contribution is -0.143. The normalized spacial score (nSPS) is 23.9. The minimum Gasteiger partial charge on any atom is -0.444 e. The van der Waals surface area contributed by atoms with Gasteiger partial charge in [-0.25, -0.2) is 14.6 Å². The Morgan fingerprint density at radius 2 is 1.96 bits per heavy atom. The number of hydrogen-bond donors (Lipinski definition) is 3. The third-order valence-electron chi connectivity index (χ3n) is 8.66. The van der Waals surface area contributed by atoms with Crippen LogP contribution in [0.3, 0.4) is 0 Å². The van der Waals surface area contributed by atoms with Crippen LogP contribution in [-0.2, 0) is 14.3 Å². The molecular formula is C32H41F3N6O5. The predicted octanol–water partition coefficient (Wildman–Crippen LogP) is 5.14. The summed E-state index contributed by atoms with van der Waals surface area (Å²) in [7, 11) is 0. The first kappa shape index (κ1) is 33.5. The number of aromatic nitrogens is 1. The molecule has 3 saturated heterocycles. The van der Waals surface area contributed by atoms with E-state index in [1.807, 2.05) is 39.8 Å². The Hall–Kier alpha value is -3.91. The number of ether oxygens (including phenoxy) is 2. The van der Waals surface area contributed by atoms with Crippen LogP contribution in [0.25, 0.3) is 11.1 Å². The maximum atomic E-state index is 13.5. The van der Waals surface area contributed by atoms with Gasteiger partial charge >= 0.3 is 18.3 Å². The zero-order valence-electron chi connectivity index (χ0n) is 26.4. The molecule has 5 rings (SSSR count). The summed E-state index contributed by atoms with van der Waals surface area (Å²) >= 11 is 0. The molecule has 0 aliphatic carbocycles. The third kappa shape index (κ3) is 7.72. The fraction of sp³-hybridized carbons (Fsp3) is 0.562. The average molecular weight is 647 g/mol. The van der Waals surface area contributed by atoms with E-state index in [-0.39, 0.29) is 31.5 Å². The van der Waals surface area contributed by atoms with Gasteiger partial charge in [-0.1, -0.05) is 26.8 Å². The molecular weight excluding hydrogens is 605 g/mol. The van der Waals surface area contributed by atoms with Crippen LogP contribution in [0.2, 0.25) is 0 Å². The molecule has 4 amide bonds. The number of carbonyl (C=O) groups is 3. The van der Waals surface area contributed by atoms with Crippen molar-refractivity contribution in [2.24, 2.45) is 17.1 Å². The Bertz CT molecular complexity index is 1470. The van der Waals surface area contributed by atoms with Crippen LogP contribution in [0.5, 0.6) is 0 Å². The molecule has 1 aromatic carbocycles. The van der Waals surface area contributed by atoms with E-state index in [1.54, 1.807) is 23.1 Å². The van der Waals surface area contributed by atoms with Gasteiger partial charge in [-0.2, -0.15) is 13.2 Å². The van der Waals surface area contributed by atoms with Gasteiger partial charge in [0.05, 0.1) is 24.8 Å².